The minimum absolute atomic E-state index is 0.609. The van der Waals surface area contributed by atoms with Crippen molar-refractivity contribution in [2.45, 2.75) is 12.8 Å². The zero-order valence-electron chi connectivity index (χ0n) is 10.2. The van der Waals surface area contributed by atoms with E-state index >= 15 is 0 Å². The molecule has 0 amide bonds. The largest absolute Gasteiger partial charge is 0.455 e. The SMILES string of the molecule is CN.Clc1cnc2c(c1)Oc1ccccc1CC2. The van der Waals surface area contributed by atoms with Gasteiger partial charge in [-0.1, -0.05) is 29.8 Å². The summed E-state index contributed by atoms with van der Waals surface area (Å²) in [7, 11) is 1.50. The van der Waals surface area contributed by atoms with Crippen LogP contribution in [0, 0.1) is 0 Å². The lowest BCUT2D eigenvalue weighted by Crippen LogP contribution is -1.92. The summed E-state index contributed by atoms with van der Waals surface area (Å²) in [5.41, 5.74) is 6.69. The summed E-state index contributed by atoms with van der Waals surface area (Å²) >= 11 is 5.91. The van der Waals surface area contributed by atoms with Crippen LogP contribution in [-0.4, -0.2) is 12.0 Å². The number of fused-ring (bicyclic) bond motifs is 2. The monoisotopic (exact) mass is 262 g/mol. The lowest BCUT2D eigenvalue weighted by atomic mass is 10.1. The van der Waals surface area contributed by atoms with Gasteiger partial charge in [-0.15, -0.1) is 0 Å². The minimum atomic E-state index is 0.609. The second kappa shape index (κ2) is 5.85. The second-order valence-electron chi connectivity index (χ2n) is 3.81. The fourth-order valence-electron chi connectivity index (χ4n) is 1.91. The number of aromatic nitrogens is 1. The molecule has 0 saturated heterocycles. The van der Waals surface area contributed by atoms with E-state index < -0.39 is 0 Å². The number of aryl methyl sites for hydroxylation is 2. The third-order valence-corrected chi connectivity index (χ3v) is 2.93. The van der Waals surface area contributed by atoms with Gasteiger partial charge >= 0.3 is 0 Å². The number of benzene rings is 1. The third kappa shape index (κ3) is 2.63. The molecule has 1 aromatic heterocycles. The number of pyridine rings is 1. The van der Waals surface area contributed by atoms with E-state index in [1.54, 1.807) is 6.20 Å². The van der Waals surface area contributed by atoms with E-state index in [1.807, 2.05) is 24.3 Å². The lowest BCUT2D eigenvalue weighted by Gasteiger charge is -2.07. The van der Waals surface area contributed by atoms with Crippen molar-refractivity contribution in [2.75, 3.05) is 7.05 Å². The van der Waals surface area contributed by atoms with Gasteiger partial charge in [-0.3, -0.25) is 4.98 Å². The second-order valence-corrected chi connectivity index (χ2v) is 4.24. The Hall–Kier alpha value is -1.58. The van der Waals surface area contributed by atoms with Gasteiger partial charge in [0.25, 0.3) is 0 Å². The standard InChI is InChI=1S/C13H10ClNO.CH5N/c14-10-7-13-11(15-8-10)6-5-9-3-1-2-4-12(9)16-13;1-2/h1-4,7-8H,5-6H2;2H2,1H3. The smallest absolute Gasteiger partial charge is 0.150 e. The van der Waals surface area contributed by atoms with E-state index in [4.69, 9.17) is 16.3 Å². The number of nitrogens with two attached hydrogens (primary N) is 1. The first-order valence-corrected chi connectivity index (χ1v) is 6.18. The maximum atomic E-state index is 5.91. The number of rotatable bonds is 0. The zero-order valence-corrected chi connectivity index (χ0v) is 10.9. The topological polar surface area (TPSA) is 48.1 Å². The average Bonchev–Trinajstić information content (AvgIpc) is 2.59. The molecule has 3 nitrogen and oxygen atoms in total. The third-order valence-electron chi connectivity index (χ3n) is 2.72. The Bertz CT molecular complexity index is 543. The molecule has 0 fully saturated rings. The van der Waals surface area contributed by atoms with Crippen molar-refractivity contribution in [3.63, 3.8) is 0 Å². The maximum Gasteiger partial charge on any atom is 0.150 e. The molecule has 1 aliphatic heterocycles. The molecule has 94 valence electrons. The van der Waals surface area contributed by atoms with Crippen LogP contribution in [-0.2, 0) is 12.8 Å². The first-order chi connectivity index (χ1) is 8.83. The first kappa shape index (κ1) is 12.9. The first-order valence-electron chi connectivity index (χ1n) is 5.81. The summed E-state index contributed by atoms with van der Waals surface area (Å²) in [5.74, 6) is 1.68. The zero-order chi connectivity index (χ0) is 13.0. The summed E-state index contributed by atoms with van der Waals surface area (Å²) in [6.45, 7) is 0. The number of hydrogen-bond donors (Lipinski definition) is 1. The van der Waals surface area contributed by atoms with Gasteiger partial charge in [-0.05, 0) is 31.5 Å². The number of ether oxygens (including phenoxy) is 1. The predicted molar refractivity (Wildman–Crippen MR) is 73.3 cm³/mol. The Morgan fingerprint density at radius 2 is 1.94 bits per heavy atom. The van der Waals surface area contributed by atoms with E-state index in [-0.39, 0.29) is 0 Å². The summed E-state index contributed by atoms with van der Waals surface area (Å²) in [6.07, 6.45) is 3.51. The van der Waals surface area contributed by atoms with Crippen LogP contribution >= 0.6 is 11.6 Å². The molecule has 3 rings (SSSR count). The van der Waals surface area contributed by atoms with Crippen molar-refractivity contribution < 1.29 is 4.74 Å². The van der Waals surface area contributed by atoms with E-state index in [1.165, 1.54) is 12.6 Å². The van der Waals surface area contributed by atoms with Crippen LogP contribution < -0.4 is 10.5 Å². The van der Waals surface area contributed by atoms with E-state index in [9.17, 15) is 0 Å². The molecule has 2 aromatic rings. The predicted octanol–water partition coefficient (Wildman–Crippen LogP) is 3.20. The fraction of sp³-hybridized carbons (Fsp3) is 0.214. The molecule has 0 spiro atoms. The van der Waals surface area contributed by atoms with Crippen molar-refractivity contribution in [1.82, 2.24) is 4.98 Å². The summed E-state index contributed by atoms with van der Waals surface area (Å²) < 4.78 is 5.84. The van der Waals surface area contributed by atoms with Gasteiger partial charge in [-0.2, -0.15) is 0 Å². The van der Waals surface area contributed by atoms with Gasteiger partial charge in [0.1, 0.15) is 11.5 Å². The Kier molecular flexibility index (Phi) is 4.18. The lowest BCUT2D eigenvalue weighted by molar-refractivity contribution is 0.476. The molecule has 1 aliphatic rings. The molecule has 0 saturated carbocycles. The average molecular weight is 263 g/mol. The molecule has 0 radical (unpaired) electrons. The molecule has 0 atom stereocenters. The van der Waals surface area contributed by atoms with E-state index in [0.717, 1.165) is 30.0 Å². The van der Waals surface area contributed by atoms with Gasteiger partial charge in [0.05, 0.1) is 10.7 Å². The van der Waals surface area contributed by atoms with Gasteiger partial charge in [0, 0.05) is 12.3 Å². The van der Waals surface area contributed by atoms with Crippen LogP contribution in [0.25, 0.3) is 0 Å². The van der Waals surface area contributed by atoms with Crippen molar-refractivity contribution in [3.8, 4) is 11.5 Å². The molecule has 0 aliphatic carbocycles. The Labute approximate surface area is 112 Å². The van der Waals surface area contributed by atoms with Crippen LogP contribution in [0.1, 0.15) is 11.3 Å². The molecular formula is C14H15ClN2O. The minimum Gasteiger partial charge on any atom is -0.455 e. The summed E-state index contributed by atoms with van der Waals surface area (Å²) in [6, 6.07) is 9.89. The van der Waals surface area contributed by atoms with Gasteiger partial charge < -0.3 is 10.5 Å². The highest BCUT2D eigenvalue weighted by Crippen LogP contribution is 2.33. The molecule has 18 heavy (non-hydrogen) atoms. The maximum absolute atomic E-state index is 5.91. The molecular weight excluding hydrogens is 248 g/mol. The number of halogens is 1. The van der Waals surface area contributed by atoms with Crippen molar-refractivity contribution in [1.29, 1.82) is 0 Å². The van der Waals surface area contributed by atoms with Crippen LogP contribution in [0.3, 0.4) is 0 Å². The van der Waals surface area contributed by atoms with Crippen molar-refractivity contribution >= 4 is 11.6 Å². The highest BCUT2D eigenvalue weighted by Gasteiger charge is 2.15. The van der Waals surface area contributed by atoms with Crippen LogP contribution in [0.15, 0.2) is 36.5 Å². The van der Waals surface area contributed by atoms with Crippen molar-refractivity contribution in [2.24, 2.45) is 5.73 Å². The van der Waals surface area contributed by atoms with Crippen molar-refractivity contribution in [3.05, 3.63) is 52.8 Å². The van der Waals surface area contributed by atoms with Crippen LogP contribution in [0.2, 0.25) is 5.02 Å². The van der Waals surface area contributed by atoms with Crippen LogP contribution in [0.4, 0.5) is 0 Å². The van der Waals surface area contributed by atoms with Gasteiger partial charge in [0.15, 0.2) is 0 Å². The Morgan fingerprint density at radius 3 is 2.78 bits per heavy atom. The quantitative estimate of drug-likeness (QED) is 0.793. The van der Waals surface area contributed by atoms with Gasteiger partial charge in [0.2, 0.25) is 0 Å². The molecule has 0 unspecified atom stereocenters. The summed E-state index contributed by atoms with van der Waals surface area (Å²) in [4.78, 5) is 4.30. The molecule has 4 heteroatoms. The summed E-state index contributed by atoms with van der Waals surface area (Å²) in [5, 5.41) is 0.609. The van der Waals surface area contributed by atoms with E-state index in [2.05, 4.69) is 16.8 Å². The number of hydrogen-bond acceptors (Lipinski definition) is 3. The number of para-hydroxylation sites is 1. The Morgan fingerprint density at radius 1 is 1.17 bits per heavy atom. The Balaban J connectivity index is 0.000000574. The van der Waals surface area contributed by atoms with E-state index in [0.29, 0.717) is 5.02 Å². The number of nitrogens with zero attached hydrogens (tertiary/aromatic N) is 1. The highest BCUT2D eigenvalue weighted by molar-refractivity contribution is 6.30. The fourth-order valence-corrected chi connectivity index (χ4v) is 2.05. The molecule has 1 aromatic carbocycles. The molecule has 2 N–H and O–H groups in total. The highest BCUT2D eigenvalue weighted by atomic mass is 35.5. The van der Waals surface area contributed by atoms with Crippen LogP contribution in [0.5, 0.6) is 11.5 Å². The molecule has 2 heterocycles. The normalized spacial score (nSPS) is 12.2. The van der Waals surface area contributed by atoms with Gasteiger partial charge in [-0.25, -0.2) is 0 Å². The molecule has 0 bridgehead atoms.